The Labute approximate surface area is 83.2 Å². The third-order valence-corrected chi connectivity index (χ3v) is 3.95. The van der Waals surface area contributed by atoms with E-state index in [4.69, 9.17) is 5.11 Å². The maximum Gasteiger partial charge on any atom is 0.0692 e. The largest absolute Gasteiger partial charge is 0.392 e. The van der Waals surface area contributed by atoms with Gasteiger partial charge in [0.05, 0.1) is 6.61 Å². The molecule has 1 aromatic rings. The predicted molar refractivity (Wildman–Crippen MR) is 55.9 cm³/mol. The second-order valence-corrected chi connectivity index (χ2v) is 4.78. The monoisotopic (exact) mass is 194 g/mol. The van der Waals surface area contributed by atoms with E-state index >= 15 is 0 Å². The van der Waals surface area contributed by atoms with Crippen LogP contribution in [-0.2, 0) is 6.61 Å². The van der Waals surface area contributed by atoms with Gasteiger partial charge in [-0.15, -0.1) is 11.8 Å². The molecule has 1 fully saturated rings. The fourth-order valence-corrected chi connectivity index (χ4v) is 2.79. The first-order chi connectivity index (χ1) is 6.40. The lowest BCUT2D eigenvalue weighted by Gasteiger charge is -2.25. The van der Waals surface area contributed by atoms with E-state index in [9.17, 15) is 0 Å². The summed E-state index contributed by atoms with van der Waals surface area (Å²) in [6, 6.07) is 8.13. The molecule has 1 aromatic carbocycles. The van der Waals surface area contributed by atoms with Gasteiger partial charge in [0.15, 0.2) is 0 Å². The zero-order valence-electron chi connectivity index (χ0n) is 7.57. The topological polar surface area (TPSA) is 20.2 Å². The molecule has 1 N–H and O–H groups in total. The van der Waals surface area contributed by atoms with Gasteiger partial charge >= 0.3 is 0 Å². The summed E-state index contributed by atoms with van der Waals surface area (Å²) in [5.41, 5.74) is 1.07. The zero-order valence-corrected chi connectivity index (χ0v) is 8.39. The zero-order chi connectivity index (χ0) is 9.10. The van der Waals surface area contributed by atoms with Crippen LogP contribution in [0.3, 0.4) is 0 Å². The second kappa shape index (κ2) is 4.16. The van der Waals surface area contributed by atoms with Crippen molar-refractivity contribution in [1.29, 1.82) is 0 Å². The maximum absolute atomic E-state index is 9.11. The molecule has 0 bridgehead atoms. The Morgan fingerprint density at radius 2 is 2.08 bits per heavy atom. The normalized spacial score (nSPS) is 17.0. The number of benzene rings is 1. The summed E-state index contributed by atoms with van der Waals surface area (Å²) in [6.45, 7) is 0.163. The van der Waals surface area contributed by atoms with Crippen LogP contribution in [0.25, 0.3) is 0 Å². The van der Waals surface area contributed by atoms with Gasteiger partial charge in [0.25, 0.3) is 0 Å². The van der Waals surface area contributed by atoms with Gasteiger partial charge in [-0.3, -0.25) is 0 Å². The molecule has 2 heteroatoms. The fourth-order valence-electron chi connectivity index (χ4n) is 1.42. The van der Waals surface area contributed by atoms with E-state index in [-0.39, 0.29) is 6.61 Å². The molecule has 1 saturated carbocycles. The quantitative estimate of drug-likeness (QED) is 0.798. The molecule has 0 heterocycles. The van der Waals surface area contributed by atoms with Crippen LogP contribution in [0.1, 0.15) is 24.8 Å². The smallest absolute Gasteiger partial charge is 0.0692 e. The molecule has 1 aliphatic rings. The van der Waals surface area contributed by atoms with Crippen molar-refractivity contribution < 1.29 is 5.11 Å². The first kappa shape index (κ1) is 9.10. The average Bonchev–Trinajstić information content (AvgIpc) is 2.12. The third kappa shape index (κ3) is 2.06. The Bertz CT molecular complexity index is 281. The average molecular weight is 194 g/mol. The fraction of sp³-hybridized carbons (Fsp3) is 0.455. The molecule has 2 rings (SSSR count). The molecular formula is C11H14OS. The van der Waals surface area contributed by atoms with E-state index in [0.29, 0.717) is 0 Å². The molecule has 0 spiro atoms. The molecule has 0 unspecified atom stereocenters. The maximum atomic E-state index is 9.11. The van der Waals surface area contributed by atoms with Crippen molar-refractivity contribution in [2.75, 3.05) is 0 Å². The summed E-state index contributed by atoms with van der Waals surface area (Å²) in [5, 5.41) is 9.91. The van der Waals surface area contributed by atoms with E-state index in [1.807, 2.05) is 30.0 Å². The summed E-state index contributed by atoms with van der Waals surface area (Å²) in [4.78, 5) is 1.26. The third-order valence-electron chi connectivity index (χ3n) is 2.49. The lowest BCUT2D eigenvalue weighted by atomic mass is 10.00. The molecule has 0 amide bonds. The molecule has 1 aliphatic carbocycles. The summed E-state index contributed by atoms with van der Waals surface area (Å²) < 4.78 is 0. The molecule has 0 aliphatic heterocycles. The lowest BCUT2D eigenvalue weighted by Crippen LogP contribution is -2.13. The highest BCUT2D eigenvalue weighted by Crippen LogP contribution is 2.37. The number of thioether (sulfide) groups is 1. The second-order valence-electron chi connectivity index (χ2n) is 3.44. The van der Waals surface area contributed by atoms with Gasteiger partial charge < -0.3 is 5.11 Å². The standard InChI is InChI=1S/C11H14OS/c12-8-9-4-1-2-7-11(9)13-10-5-3-6-10/h1-2,4,7,10,12H,3,5-6,8H2. The summed E-state index contributed by atoms with van der Waals surface area (Å²) >= 11 is 1.92. The van der Waals surface area contributed by atoms with Gasteiger partial charge in [0.1, 0.15) is 0 Å². The highest BCUT2D eigenvalue weighted by atomic mass is 32.2. The van der Waals surface area contributed by atoms with Crippen LogP contribution in [0.4, 0.5) is 0 Å². The molecule has 0 aromatic heterocycles. The Balaban J connectivity index is 2.08. The Kier molecular flexibility index (Phi) is 2.91. The van der Waals surface area contributed by atoms with E-state index in [2.05, 4.69) is 6.07 Å². The van der Waals surface area contributed by atoms with Crippen molar-refractivity contribution in [1.82, 2.24) is 0 Å². The molecular weight excluding hydrogens is 180 g/mol. The highest BCUT2D eigenvalue weighted by Gasteiger charge is 2.19. The number of rotatable bonds is 3. The minimum atomic E-state index is 0.163. The summed E-state index contributed by atoms with van der Waals surface area (Å²) in [5.74, 6) is 0. The Hall–Kier alpha value is -0.470. The Morgan fingerprint density at radius 3 is 2.69 bits per heavy atom. The summed E-state index contributed by atoms with van der Waals surface area (Å²) in [7, 11) is 0. The lowest BCUT2D eigenvalue weighted by molar-refractivity contribution is 0.279. The molecule has 13 heavy (non-hydrogen) atoms. The SMILES string of the molecule is OCc1ccccc1SC1CCC1. The van der Waals surface area contributed by atoms with Gasteiger partial charge in [-0.05, 0) is 24.5 Å². The number of hydrogen-bond donors (Lipinski definition) is 1. The van der Waals surface area contributed by atoms with Gasteiger partial charge in [-0.2, -0.15) is 0 Å². The van der Waals surface area contributed by atoms with Gasteiger partial charge in [-0.1, -0.05) is 24.6 Å². The molecule has 0 atom stereocenters. The van der Waals surface area contributed by atoms with E-state index < -0.39 is 0 Å². The van der Waals surface area contributed by atoms with Crippen LogP contribution in [0.15, 0.2) is 29.2 Å². The predicted octanol–water partition coefficient (Wildman–Crippen LogP) is 2.82. The van der Waals surface area contributed by atoms with E-state index in [1.54, 1.807) is 0 Å². The Morgan fingerprint density at radius 1 is 1.31 bits per heavy atom. The van der Waals surface area contributed by atoms with Crippen LogP contribution < -0.4 is 0 Å². The van der Waals surface area contributed by atoms with Crippen LogP contribution >= 0.6 is 11.8 Å². The van der Waals surface area contributed by atoms with Gasteiger partial charge in [0, 0.05) is 10.1 Å². The minimum absolute atomic E-state index is 0.163. The molecule has 70 valence electrons. The minimum Gasteiger partial charge on any atom is -0.392 e. The van der Waals surface area contributed by atoms with Crippen LogP contribution in [0.2, 0.25) is 0 Å². The number of aliphatic hydroxyl groups excluding tert-OH is 1. The molecule has 0 radical (unpaired) electrons. The van der Waals surface area contributed by atoms with Crippen LogP contribution in [0, 0.1) is 0 Å². The molecule has 0 saturated heterocycles. The van der Waals surface area contributed by atoms with Crippen molar-refractivity contribution in [3.63, 3.8) is 0 Å². The highest BCUT2D eigenvalue weighted by molar-refractivity contribution is 8.00. The van der Waals surface area contributed by atoms with Gasteiger partial charge in [0.2, 0.25) is 0 Å². The van der Waals surface area contributed by atoms with Crippen molar-refractivity contribution in [2.45, 2.75) is 36.0 Å². The van der Waals surface area contributed by atoms with Crippen molar-refractivity contribution in [3.8, 4) is 0 Å². The van der Waals surface area contributed by atoms with Crippen molar-refractivity contribution in [2.24, 2.45) is 0 Å². The van der Waals surface area contributed by atoms with Crippen LogP contribution in [0.5, 0.6) is 0 Å². The first-order valence-electron chi connectivity index (χ1n) is 4.75. The first-order valence-corrected chi connectivity index (χ1v) is 5.63. The van der Waals surface area contributed by atoms with Gasteiger partial charge in [-0.25, -0.2) is 0 Å². The number of aliphatic hydroxyl groups is 1. The van der Waals surface area contributed by atoms with Crippen molar-refractivity contribution in [3.05, 3.63) is 29.8 Å². The van der Waals surface area contributed by atoms with E-state index in [0.717, 1.165) is 10.8 Å². The van der Waals surface area contributed by atoms with Crippen molar-refractivity contribution >= 4 is 11.8 Å². The molecule has 1 nitrogen and oxygen atoms in total. The summed E-state index contributed by atoms with van der Waals surface area (Å²) in [6.07, 6.45) is 4.05. The number of hydrogen-bond acceptors (Lipinski definition) is 2. The van der Waals surface area contributed by atoms with Crippen LogP contribution in [-0.4, -0.2) is 10.4 Å². The van der Waals surface area contributed by atoms with E-state index in [1.165, 1.54) is 24.2 Å².